The highest BCUT2D eigenvalue weighted by atomic mass is 16.5. The molecule has 4 heteroatoms. The molecule has 0 aromatic carbocycles. The number of aromatic nitrogens is 1. The zero-order valence-electron chi connectivity index (χ0n) is 7.63. The van der Waals surface area contributed by atoms with Gasteiger partial charge in [-0.15, -0.1) is 0 Å². The first-order valence-electron chi connectivity index (χ1n) is 4.34. The highest BCUT2D eigenvalue weighted by molar-refractivity contribution is 5.51. The number of nitrogens with zero attached hydrogens (tertiary/aromatic N) is 1. The van der Waals surface area contributed by atoms with Gasteiger partial charge >= 0.3 is 0 Å². The first-order valence-corrected chi connectivity index (χ1v) is 4.34. The molecule has 1 aromatic rings. The highest BCUT2D eigenvalue weighted by Gasteiger charge is 2.13. The number of methoxy groups -OCH3 is 1. The number of anilines is 1. The van der Waals surface area contributed by atoms with Gasteiger partial charge in [0, 0.05) is 19.5 Å². The van der Waals surface area contributed by atoms with Crippen LogP contribution in [0.25, 0.3) is 0 Å². The Morgan fingerprint density at radius 2 is 2.46 bits per heavy atom. The second-order valence-corrected chi connectivity index (χ2v) is 3.12. The standard InChI is InChI=1S/C9H13N3O/c1-13-9-7(10)4-6-5-11-3-2-8(6)12-9/h4,11H,2-3,5,10H2,1H3. The lowest BCUT2D eigenvalue weighted by Gasteiger charge is -2.17. The van der Waals surface area contributed by atoms with Crippen molar-refractivity contribution in [3.05, 3.63) is 17.3 Å². The molecule has 0 fully saturated rings. The van der Waals surface area contributed by atoms with Gasteiger partial charge in [0.25, 0.3) is 0 Å². The van der Waals surface area contributed by atoms with E-state index in [0.29, 0.717) is 11.6 Å². The molecule has 0 unspecified atom stereocenters. The number of fused-ring (bicyclic) bond motifs is 1. The summed E-state index contributed by atoms with van der Waals surface area (Å²) in [4.78, 5) is 4.34. The molecule has 1 aromatic heterocycles. The van der Waals surface area contributed by atoms with Gasteiger partial charge in [-0.3, -0.25) is 0 Å². The van der Waals surface area contributed by atoms with E-state index in [-0.39, 0.29) is 0 Å². The first-order chi connectivity index (χ1) is 6.31. The Morgan fingerprint density at radius 1 is 1.62 bits per heavy atom. The van der Waals surface area contributed by atoms with E-state index in [1.54, 1.807) is 7.11 Å². The Kier molecular flexibility index (Phi) is 2.06. The van der Waals surface area contributed by atoms with Gasteiger partial charge in [-0.1, -0.05) is 0 Å². The number of nitrogen functional groups attached to an aromatic ring is 1. The van der Waals surface area contributed by atoms with Crippen molar-refractivity contribution in [1.29, 1.82) is 0 Å². The maximum Gasteiger partial charge on any atom is 0.237 e. The van der Waals surface area contributed by atoms with Crippen LogP contribution >= 0.6 is 0 Å². The van der Waals surface area contributed by atoms with Crippen LogP contribution in [0.3, 0.4) is 0 Å². The molecule has 70 valence electrons. The molecule has 4 nitrogen and oxygen atoms in total. The minimum atomic E-state index is 0.542. The summed E-state index contributed by atoms with van der Waals surface area (Å²) < 4.78 is 5.05. The Labute approximate surface area is 77.1 Å². The molecule has 1 aliphatic rings. The molecule has 2 rings (SSSR count). The van der Waals surface area contributed by atoms with Crippen LogP contribution in [0.5, 0.6) is 5.88 Å². The van der Waals surface area contributed by atoms with Gasteiger partial charge in [-0.2, -0.15) is 0 Å². The molecule has 0 atom stereocenters. The van der Waals surface area contributed by atoms with E-state index in [1.165, 1.54) is 5.56 Å². The maximum atomic E-state index is 5.74. The first kappa shape index (κ1) is 8.31. The predicted molar refractivity (Wildman–Crippen MR) is 50.6 cm³/mol. The number of hydrogen-bond acceptors (Lipinski definition) is 4. The van der Waals surface area contributed by atoms with E-state index < -0.39 is 0 Å². The summed E-state index contributed by atoms with van der Waals surface area (Å²) in [6, 6.07) is 1.94. The van der Waals surface area contributed by atoms with Gasteiger partial charge in [0.2, 0.25) is 5.88 Å². The van der Waals surface area contributed by atoms with Gasteiger partial charge in [0.05, 0.1) is 18.5 Å². The summed E-state index contributed by atoms with van der Waals surface area (Å²) >= 11 is 0. The lowest BCUT2D eigenvalue weighted by molar-refractivity contribution is 0.397. The van der Waals surface area contributed by atoms with Crippen molar-refractivity contribution in [2.45, 2.75) is 13.0 Å². The van der Waals surface area contributed by atoms with Crippen LogP contribution < -0.4 is 15.8 Å². The van der Waals surface area contributed by atoms with Gasteiger partial charge in [-0.05, 0) is 11.6 Å². The van der Waals surface area contributed by atoms with Crippen molar-refractivity contribution < 1.29 is 4.74 Å². The predicted octanol–water partition coefficient (Wildman–Crippen LogP) is 0.318. The summed E-state index contributed by atoms with van der Waals surface area (Å²) in [5.74, 6) is 0.542. The zero-order valence-corrected chi connectivity index (χ0v) is 7.63. The van der Waals surface area contributed by atoms with Gasteiger partial charge in [0.1, 0.15) is 0 Å². The van der Waals surface area contributed by atoms with Gasteiger partial charge in [0.15, 0.2) is 0 Å². The number of nitrogens with one attached hydrogen (secondary N) is 1. The molecule has 0 radical (unpaired) electrons. The fourth-order valence-electron chi connectivity index (χ4n) is 1.55. The van der Waals surface area contributed by atoms with E-state index in [9.17, 15) is 0 Å². The van der Waals surface area contributed by atoms with E-state index in [1.807, 2.05) is 6.07 Å². The van der Waals surface area contributed by atoms with Crippen molar-refractivity contribution in [2.75, 3.05) is 19.4 Å². The Balaban J connectivity index is 2.44. The van der Waals surface area contributed by atoms with Crippen LogP contribution in [-0.2, 0) is 13.0 Å². The molecule has 0 saturated heterocycles. The van der Waals surface area contributed by atoms with Gasteiger partial charge in [-0.25, -0.2) is 4.98 Å². The lowest BCUT2D eigenvalue weighted by atomic mass is 10.1. The zero-order chi connectivity index (χ0) is 9.26. The average molecular weight is 179 g/mol. The molecular weight excluding hydrogens is 166 g/mol. The van der Waals surface area contributed by atoms with Crippen molar-refractivity contribution >= 4 is 5.69 Å². The van der Waals surface area contributed by atoms with Crippen molar-refractivity contribution in [3.8, 4) is 5.88 Å². The van der Waals surface area contributed by atoms with E-state index in [4.69, 9.17) is 10.5 Å². The van der Waals surface area contributed by atoms with E-state index >= 15 is 0 Å². The number of hydrogen-bond donors (Lipinski definition) is 2. The highest BCUT2D eigenvalue weighted by Crippen LogP contribution is 2.23. The number of ether oxygens (including phenoxy) is 1. The summed E-state index contributed by atoms with van der Waals surface area (Å²) in [7, 11) is 1.59. The summed E-state index contributed by atoms with van der Waals surface area (Å²) in [6.45, 7) is 1.84. The van der Waals surface area contributed by atoms with E-state index in [2.05, 4.69) is 10.3 Å². The molecular formula is C9H13N3O. The fraction of sp³-hybridized carbons (Fsp3) is 0.444. The molecule has 0 spiro atoms. The smallest absolute Gasteiger partial charge is 0.237 e. The van der Waals surface area contributed by atoms with Crippen molar-refractivity contribution in [2.24, 2.45) is 0 Å². The third-order valence-electron chi connectivity index (χ3n) is 2.23. The Morgan fingerprint density at radius 3 is 3.23 bits per heavy atom. The molecule has 3 N–H and O–H groups in total. The summed E-state index contributed by atoms with van der Waals surface area (Å²) in [5.41, 5.74) is 8.64. The molecule has 1 aliphatic heterocycles. The molecule has 2 heterocycles. The average Bonchev–Trinajstić information content (AvgIpc) is 2.17. The van der Waals surface area contributed by atoms with E-state index in [0.717, 1.165) is 25.2 Å². The molecule has 0 bridgehead atoms. The normalized spacial score (nSPS) is 15.2. The second-order valence-electron chi connectivity index (χ2n) is 3.12. The third-order valence-corrected chi connectivity index (χ3v) is 2.23. The topological polar surface area (TPSA) is 60.2 Å². The van der Waals surface area contributed by atoms with Crippen LogP contribution in [0.4, 0.5) is 5.69 Å². The number of nitrogens with two attached hydrogens (primary N) is 1. The van der Waals surface area contributed by atoms with Crippen molar-refractivity contribution in [3.63, 3.8) is 0 Å². The van der Waals surface area contributed by atoms with Crippen LogP contribution in [-0.4, -0.2) is 18.6 Å². The van der Waals surface area contributed by atoms with Crippen LogP contribution in [0, 0.1) is 0 Å². The monoisotopic (exact) mass is 179 g/mol. The number of pyridine rings is 1. The second kappa shape index (κ2) is 3.22. The van der Waals surface area contributed by atoms with Crippen LogP contribution in [0.2, 0.25) is 0 Å². The third kappa shape index (κ3) is 1.45. The van der Waals surface area contributed by atoms with Gasteiger partial charge < -0.3 is 15.8 Å². The number of rotatable bonds is 1. The van der Waals surface area contributed by atoms with Crippen LogP contribution in [0.1, 0.15) is 11.3 Å². The fourth-order valence-corrected chi connectivity index (χ4v) is 1.55. The molecule has 13 heavy (non-hydrogen) atoms. The molecule has 0 saturated carbocycles. The minimum absolute atomic E-state index is 0.542. The maximum absolute atomic E-state index is 5.74. The molecule has 0 amide bonds. The lowest BCUT2D eigenvalue weighted by Crippen LogP contribution is -2.24. The largest absolute Gasteiger partial charge is 0.480 e. The Bertz CT molecular complexity index is 325. The van der Waals surface area contributed by atoms with Crippen LogP contribution in [0.15, 0.2) is 6.07 Å². The van der Waals surface area contributed by atoms with Crippen molar-refractivity contribution in [1.82, 2.24) is 10.3 Å². The molecule has 0 aliphatic carbocycles. The summed E-state index contributed by atoms with van der Waals surface area (Å²) in [6.07, 6.45) is 0.950. The SMILES string of the molecule is COc1nc2c(cc1N)CNCC2. The quantitative estimate of drug-likeness (QED) is 0.651. The minimum Gasteiger partial charge on any atom is -0.480 e. The Hall–Kier alpha value is -1.29. The summed E-state index contributed by atoms with van der Waals surface area (Å²) in [5, 5.41) is 3.27.